The molecule has 0 aliphatic heterocycles. The molecular formula is C20H26O2. The third-order valence-corrected chi connectivity index (χ3v) is 6.19. The van der Waals surface area contributed by atoms with Crippen LogP contribution in [-0.2, 0) is 9.59 Å². The Morgan fingerprint density at radius 2 is 1.91 bits per heavy atom. The molecular weight excluding hydrogens is 272 g/mol. The van der Waals surface area contributed by atoms with E-state index in [0.717, 1.165) is 18.4 Å². The van der Waals surface area contributed by atoms with Crippen LogP contribution in [0.2, 0.25) is 0 Å². The molecule has 0 fully saturated rings. The van der Waals surface area contributed by atoms with E-state index in [-0.39, 0.29) is 28.8 Å². The van der Waals surface area contributed by atoms with E-state index in [2.05, 4.69) is 33.8 Å². The van der Waals surface area contributed by atoms with Crippen molar-refractivity contribution >= 4 is 11.6 Å². The van der Waals surface area contributed by atoms with Crippen molar-refractivity contribution in [1.82, 2.24) is 0 Å². The van der Waals surface area contributed by atoms with Crippen molar-refractivity contribution in [2.24, 2.45) is 23.2 Å². The maximum Gasteiger partial charge on any atom is 0.162 e. The van der Waals surface area contributed by atoms with E-state index in [1.165, 1.54) is 16.7 Å². The smallest absolute Gasteiger partial charge is 0.162 e. The zero-order valence-electron chi connectivity index (χ0n) is 14.3. The summed E-state index contributed by atoms with van der Waals surface area (Å²) in [5, 5.41) is 0. The van der Waals surface area contributed by atoms with Gasteiger partial charge in [-0.2, -0.15) is 0 Å². The van der Waals surface area contributed by atoms with Crippen molar-refractivity contribution in [3.63, 3.8) is 0 Å². The van der Waals surface area contributed by atoms with Crippen LogP contribution in [0, 0.1) is 23.2 Å². The lowest BCUT2D eigenvalue weighted by atomic mass is 9.66. The molecule has 0 N–H and O–H groups in total. The highest BCUT2D eigenvalue weighted by Gasteiger charge is 2.49. The average molecular weight is 298 g/mol. The summed E-state index contributed by atoms with van der Waals surface area (Å²) in [6.07, 6.45) is 6.45. The van der Waals surface area contributed by atoms with Gasteiger partial charge >= 0.3 is 0 Å². The monoisotopic (exact) mass is 298 g/mol. The zero-order valence-corrected chi connectivity index (χ0v) is 14.3. The number of Topliss-reactive ketones (excluding diaryl/α,β-unsaturated/α-hetero) is 1. The first-order valence-electron chi connectivity index (χ1n) is 8.41. The molecule has 0 saturated carbocycles. The molecule has 118 valence electrons. The zero-order chi connectivity index (χ0) is 16.2. The van der Waals surface area contributed by atoms with Crippen molar-refractivity contribution in [2.75, 3.05) is 0 Å². The fourth-order valence-corrected chi connectivity index (χ4v) is 4.57. The van der Waals surface area contributed by atoms with E-state index >= 15 is 0 Å². The first-order valence-corrected chi connectivity index (χ1v) is 8.41. The van der Waals surface area contributed by atoms with Crippen LogP contribution >= 0.6 is 0 Å². The molecule has 0 aromatic heterocycles. The predicted molar refractivity (Wildman–Crippen MR) is 88.3 cm³/mol. The van der Waals surface area contributed by atoms with Gasteiger partial charge in [-0.15, -0.1) is 0 Å². The van der Waals surface area contributed by atoms with Crippen molar-refractivity contribution in [1.29, 1.82) is 0 Å². The summed E-state index contributed by atoms with van der Waals surface area (Å²) in [5.41, 5.74) is 4.36. The molecule has 2 heteroatoms. The number of carbonyl (C=O) groups is 2. The molecule has 0 saturated heterocycles. The molecule has 0 amide bonds. The van der Waals surface area contributed by atoms with E-state index in [0.29, 0.717) is 12.3 Å². The second-order valence-electron chi connectivity index (χ2n) is 7.82. The molecule has 3 aliphatic carbocycles. The lowest BCUT2D eigenvalue weighted by Crippen LogP contribution is -2.34. The van der Waals surface area contributed by atoms with E-state index < -0.39 is 0 Å². The van der Waals surface area contributed by atoms with Gasteiger partial charge < -0.3 is 0 Å². The molecule has 3 aliphatic rings. The lowest BCUT2D eigenvalue weighted by molar-refractivity contribution is -0.123. The topological polar surface area (TPSA) is 34.1 Å². The summed E-state index contributed by atoms with van der Waals surface area (Å²) in [5.74, 6) is 1.44. The number of hydrogen-bond acceptors (Lipinski definition) is 2. The molecule has 3 rings (SSSR count). The SMILES string of the molecule is CC1=CCC2C(C(C)C)=CC(=O)C2(C)CC2=C(C)C(=O)CC12. The van der Waals surface area contributed by atoms with Gasteiger partial charge in [0, 0.05) is 17.8 Å². The third-order valence-electron chi connectivity index (χ3n) is 6.19. The maximum atomic E-state index is 12.8. The van der Waals surface area contributed by atoms with Gasteiger partial charge in [-0.05, 0) is 50.2 Å². The molecule has 0 bridgehead atoms. The first kappa shape index (κ1) is 15.5. The highest BCUT2D eigenvalue weighted by Crippen LogP contribution is 2.53. The van der Waals surface area contributed by atoms with Gasteiger partial charge in [0.2, 0.25) is 0 Å². The Balaban J connectivity index is 2.10. The van der Waals surface area contributed by atoms with Crippen LogP contribution in [0.1, 0.15) is 53.9 Å². The summed E-state index contributed by atoms with van der Waals surface area (Å²) in [4.78, 5) is 24.9. The molecule has 0 spiro atoms. The van der Waals surface area contributed by atoms with Crippen LogP contribution < -0.4 is 0 Å². The van der Waals surface area contributed by atoms with E-state index in [1.807, 2.05) is 13.0 Å². The van der Waals surface area contributed by atoms with Gasteiger partial charge in [-0.1, -0.05) is 43.6 Å². The Kier molecular flexibility index (Phi) is 3.54. The minimum atomic E-state index is -0.365. The quantitative estimate of drug-likeness (QED) is 0.672. The fraction of sp³-hybridized carbons (Fsp3) is 0.600. The predicted octanol–water partition coefficient (Wildman–Crippen LogP) is 4.42. The first-order chi connectivity index (χ1) is 10.3. The molecule has 2 nitrogen and oxygen atoms in total. The fourth-order valence-electron chi connectivity index (χ4n) is 4.57. The van der Waals surface area contributed by atoms with Crippen molar-refractivity contribution in [2.45, 2.75) is 53.9 Å². The van der Waals surface area contributed by atoms with Crippen LogP contribution in [0.3, 0.4) is 0 Å². The molecule has 0 aromatic carbocycles. The highest BCUT2D eigenvalue weighted by molar-refractivity contribution is 6.01. The van der Waals surface area contributed by atoms with Crippen LogP contribution in [0.25, 0.3) is 0 Å². The van der Waals surface area contributed by atoms with Gasteiger partial charge in [0.25, 0.3) is 0 Å². The largest absolute Gasteiger partial charge is 0.295 e. The summed E-state index contributed by atoms with van der Waals surface area (Å²) < 4.78 is 0. The number of rotatable bonds is 1. The lowest BCUT2D eigenvalue weighted by Gasteiger charge is -2.37. The average Bonchev–Trinajstić information content (AvgIpc) is 2.85. The van der Waals surface area contributed by atoms with E-state index in [4.69, 9.17) is 0 Å². The van der Waals surface area contributed by atoms with Crippen LogP contribution in [0.5, 0.6) is 0 Å². The van der Waals surface area contributed by atoms with Gasteiger partial charge in [0.15, 0.2) is 11.6 Å². The van der Waals surface area contributed by atoms with Crippen LogP contribution in [-0.4, -0.2) is 11.6 Å². The Labute approximate surface area is 133 Å². The van der Waals surface area contributed by atoms with Gasteiger partial charge in [0.1, 0.15) is 0 Å². The Bertz CT molecular complexity index is 645. The standard InChI is InChI=1S/C20H26O2/c1-11(2)14-9-19(22)20(5)10-16-13(4)18(21)8-15(16)12(3)6-7-17(14)20/h6,9,11,15,17H,7-8,10H2,1-5H3. The van der Waals surface area contributed by atoms with Crippen molar-refractivity contribution in [3.8, 4) is 0 Å². The van der Waals surface area contributed by atoms with Crippen LogP contribution in [0.4, 0.5) is 0 Å². The highest BCUT2D eigenvalue weighted by atomic mass is 16.1. The number of hydrogen-bond donors (Lipinski definition) is 0. The maximum absolute atomic E-state index is 12.8. The number of ketones is 2. The number of fused-ring (bicyclic) bond motifs is 2. The molecule has 3 atom stereocenters. The Morgan fingerprint density at radius 3 is 2.55 bits per heavy atom. The summed E-state index contributed by atoms with van der Waals surface area (Å²) in [6.45, 7) is 10.6. The van der Waals surface area contributed by atoms with Crippen LogP contribution in [0.15, 0.2) is 34.4 Å². The molecule has 0 heterocycles. The number of carbonyl (C=O) groups excluding carboxylic acids is 2. The van der Waals surface area contributed by atoms with E-state index in [9.17, 15) is 9.59 Å². The Morgan fingerprint density at radius 1 is 1.23 bits per heavy atom. The van der Waals surface area contributed by atoms with Gasteiger partial charge in [-0.25, -0.2) is 0 Å². The normalized spacial score (nSPS) is 35.2. The van der Waals surface area contributed by atoms with Gasteiger partial charge in [-0.3, -0.25) is 9.59 Å². The summed E-state index contributed by atoms with van der Waals surface area (Å²) in [7, 11) is 0. The second-order valence-corrected chi connectivity index (χ2v) is 7.82. The van der Waals surface area contributed by atoms with Crippen molar-refractivity contribution in [3.05, 3.63) is 34.4 Å². The van der Waals surface area contributed by atoms with Gasteiger partial charge in [0.05, 0.1) is 0 Å². The minimum Gasteiger partial charge on any atom is -0.295 e. The molecule has 0 aromatic rings. The van der Waals surface area contributed by atoms with Crippen molar-refractivity contribution < 1.29 is 9.59 Å². The molecule has 0 radical (unpaired) electrons. The number of allylic oxidation sites excluding steroid dienone is 6. The Hall–Kier alpha value is -1.44. The van der Waals surface area contributed by atoms with E-state index in [1.54, 1.807) is 0 Å². The molecule has 3 unspecified atom stereocenters. The third kappa shape index (κ3) is 2.07. The summed E-state index contributed by atoms with van der Waals surface area (Å²) >= 11 is 0. The second kappa shape index (κ2) is 5.04. The molecule has 22 heavy (non-hydrogen) atoms. The summed E-state index contributed by atoms with van der Waals surface area (Å²) in [6, 6.07) is 0. The minimum absolute atomic E-state index is 0.237.